The first-order chi connectivity index (χ1) is 13.5. The fourth-order valence-electron chi connectivity index (χ4n) is 2.56. The molecule has 0 saturated heterocycles. The minimum Gasteiger partial charge on any atom is -0.790 e. The molecule has 1 rings (SSSR count). The monoisotopic (exact) mass is 441 g/mol. The van der Waals surface area contributed by atoms with Crippen molar-refractivity contribution >= 4 is 21.2 Å². The molecule has 1 atom stereocenters. The molecule has 0 saturated carbocycles. The standard InChI is InChI=1S/C20H30O7P2/c1-17(2)9-7-10-18(3)11-8-14-20(19-12-5-4-6-13-19)15-16-26-29(24,25)27-28(21,22)23/h4-6,9,11-13,15H,7-8,10,14,16H2,1-3H3,(H,24,25)(H2,21,22,23)/p-3/b18-11+,20-15-. The highest BCUT2D eigenvalue weighted by molar-refractivity contribution is 7.58. The summed E-state index contributed by atoms with van der Waals surface area (Å²) >= 11 is 0. The van der Waals surface area contributed by atoms with Gasteiger partial charge in [0.2, 0.25) is 0 Å². The van der Waals surface area contributed by atoms with E-state index in [1.807, 2.05) is 30.3 Å². The zero-order chi connectivity index (χ0) is 21.9. The Bertz CT molecular complexity index is 818. The molecular formula is C20H27O7P2-3. The number of hydrogen-bond acceptors (Lipinski definition) is 7. The van der Waals surface area contributed by atoms with Crippen LogP contribution < -0.4 is 14.7 Å². The van der Waals surface area contributed by atoms with E-state index in [1.165, 1.54) is 17.2 Å². The van der Waals surface area contributed by atoms with Crippen LogP contribution in [0.2, 0.25) is 0 Å². The summed E-state index contributed by atoms with van der Waals surface area (Å²) < 4.78 is 29.8. The third kappa shape index (κ3) is 12.8. The SMILES string of the molecule is CC(C)=CCC/C(C)=C/CC/C(=C/COP(=O)([O-])OP(=O)([O-])[O-])c1ccccc1. The Kier molecular flexibility index (Phi) is 11.0. The van der Waals surface area contributed by atoms with Gasteiger partial charge in [-0.25, -0.2) is 0 Å². The molecule has 1 unspecified atom stereocenters. The van der Waals surface area contributed by atoms with Crippen LogP contribution in [0, 0.1) is 0 Å². The molecule has 0 aliphatic rings. The molecule has 0 bridgehead atoms. The van der Waals surface area contributed by atoms with Crippen LogP contribution in [-0.4, -0.2) is 6.61 Å². The normalized spacial score (nSPS) is 15.1. The lowest BCUT2D eigenvalue weighted by Gasteiger charge is -2.34. The Hall–Kier alpha value is -1.30. The summed E-state index contributed by atoms with van der Waals surface area (Å²) in [7, 11) is -10.9. The molecule has 1 aromatic rings. The van der Waals surface area contributed by atoms with Crippen molar-refractivity contribution in [3.63, 3.8) is 0 Å². The number of hydrogen-bond donors (Lipinski definition) is 0. The maximum atomic E-state index is 11.4. The number of allylic oxidation sites excluding steroid dienone is 5. The quantitative estimate of drug-likeness (QED) is 0.356. The molecule has 0 spiro atoms. The van der Waals surface area contributed by atoms with Gasteiger partial charge >= 0.3 is 0 Å². The van der Waals surface area contributed by atoms with Gasteiger partial charge in [0.05, 0.1) is 14.4 Å². The van der Waals surface area contributed by atoms with E-state index < -0.39 is 22.3 Å². The van der Waals surface area contributed by atoms with Gasteiger partial charge in [0.1, 0.15) is 0 Å². The highest BCUT2D eigenvalue weighted by Gasteiger charge is 2.11. The fourth-order valence-corrected chi connectivity index (χ4v) is 3.98. The molecular weight excluding hydrogens is 414 g/mol. The predicted molar refractivity (Wildman–Crippen MR) is 108 cm³/mol. The Morgan fingerprint density at radius 2 is 1.55 bits per heavy atom. The van der Waals surface area contributed by atoms with Crippen molar-refractivity contribution in [3.05, 3.63) is 65.3 Å². The van der Waals surface area contributed by atoms with Crippen LogP contribution in [0.15, 0.2) is 59.7 Å². The van der Waals surface area contributed by atoms with E-state index in [0.29, 0.717) is 6.42 Å². The van der Waals surface area contributed by atoms with Gasteiger partial charge in [-0.15, -0.1) is 0 Å². The molecule has 0 amide bonds. The largest absolute Gasteiger partial charge is 0.790 e. The van der Waals surface area contributed by atoms with Crippen molar-refractivity contribution < 1.29 is 32.6 Å². The molecule has 0 aliphatic heterocycles. The maximum Gasteiger partial charge on any atom is 0.272 e. The Morgan fingerprint density at radius 1 is 0.931 bits per heavy atom. The molecule has 9 heteroatoms. The Labute approximate surface area is 172 Å². The van der Waals surface area contributed by atoms with E-state index in [9.17, 15) is 23.8 Å². The third-order valence-electron chi connectivity index (χ3n) is 3.90. The topological polar surface area (TPSA) is 122 Å². The van der Waals surface area contributed by atoms with Gasteiger partial charge in [0, 0.05) is 0 Å². The van der Waals surface area contributed by atoms with Crippen molar-refractivity contribution in [1.82, 2.24) is 0 Å². The van der Waals surface area contributed by atoms with Crippen LogP contribution >= 0.6 is 15.6 Å². The second-order valence-corrected chi connectivity index (χ2v) is 9.48. The molecule has 0 radical (unpaired) electrons. The summed E-state index contributed by atoms with van der Waals surface area (Å²) in [5.41, 5.74) is 4.29. The molecule has 1 aromatic carbocycles. The third-order valence-corrected chi connectivity index (χ3v) is 5.97. The number of phosphoric ester groups is 1. The summed E-state index contributed by atoms with van der Waals surface area (Å²) in [4.78, 5) is 32.3. The smallest absolute Gasteiger partial charge is 0.272 e. The van der Waals surface area contributed by atoms with Gasteiger partial charge in [-0.2, -0.15) is 0 Å². The Morgan fingerprint density at radius 3 is 2.14 bits per heavy atom. The average Bonchev–Trinajstić information content (AvgIpc) is 2.58. The van der Waals surface area contributed by atoms with E-state index in [2.05, 4.69) is 41.8 Å². The number of benzene rings is 1. The minimum absolute atomic E-state index is 0.436. The van der Waals surface area contributed by atoms with Gasteiger partial charge in [0.25, 0.3) is 7.82 Å². The van der Waals surface area contributed by atoms with Crippen molar-refractivity contribution in [2.45, 2.75) is 46.5 Å². The van der Waals surface area contributed by atoms with Crippen LogP contribution in [-0.2, 0) is 18.0 Å². The molecule has 0 N–H and O–H groups in total. The second-order valence-electron chi connectivity index (χ2n) is 6.78. The van der Waals surface area contributed by atoms with Crippen LogP contribution in [0.5, 0.6) is 0 Å². The van der Waals surface area contributed by atoms with E-state index >= 15 is 0 Å². The zero-order valence-electron chi connectivity index (χ0n) is 16.9. The first-order valence-corrected chi connectivity index (χ1v) is 12.1. The van der Waals surface area contributed by atoms with Crippen LogP contribution in [0.25, 0.3) is 5.57 Å². The van der Waals surface area contributed by atoms with Gasteiger partial charge in [-0.05, 0) is 57.6 Å². The molecule has 162 valence electrons. The number of rotatable bonds is 12. The maximum absolute atomic E-state index is 11.4. The molecule has 0 fully saturated rings. The van der Waals surface area contributed by atoms with Crippen LogP contribution in [0.3, 0.4) is 0 Å². The van der Waals surface area contributed by atoms with Crippen LogP contribution in [0.1, 0.15) is 52.0 Å². The molecule has 0 heterocycles. The summed E-state index contributed by atoms with van der Waals surface area (Å²) in [6.45, 7) is 5.77. The molecule has 29 heavy (non-hydrogen) atoms. The van der Waals surface area contributed by atoms with Crippen molar-refractivity contribution in [1.29, 1.82) is 0 Å². The van der Waals surface area contributed by atoms with Gasteiger partial charge < -0.3 is 23.8 Å². The zero-order valence-corrected chi connectivity index (χ0v) is 18.7. The van der Waals surface area contributed by atoms with E-state index in [1.54, 1.807) is 0 Å². The summed E-state index contributed by atoms with van der Waals surface area (Å²) in [6.07, 6.45) is 9.22. The second kappa shape index (κ2) is 12.4. The molecule has 7 nitrogen and oxygen atoms in total. The summed E-state index contributed by atoms with van der Waals surface area (Å²) in [6, 6.07) is 9.35. The minimum atomic E-state index is -5.69. The highest BCUT2D eigenvalue weighted by Crippen LogP contribution is 2.50. The van der Waals surface area contributed by atoms with Gasteiger partial charge in [-0.1, -0.05) is 59.7 Å². The van der Waals surface area contributed by atoms with Gasteiger partial charge in [-0.3, -0.25) is 8.88 Å². The average molecular weight is 441 g/mol. The molecule has 0 aromatic heterocycles. The fraction of sp³-hybridized carbons (Fsp3) is 0.400. The lowest BCUT2D eigenvalue weighted by atomic mass is 9.99. The van der Waals surface area contributed by atoms with Crippen LogP contribution in [0.4, 0.5) is 0 Å². The lowest BCUT2D eigenvalue weighted by Crippen LogP contribution is -2.19. The Balaban J connectivity index is 2.75. The van der Waals surface area contributed by atoms with E-state index in [0.717, 1.165) is 30.4 Å². The first-order valence-electron chi connectivity index (χ1n) is 9.21. The molecule has 0 aliphatic carbocycles. The van der Waals surface area contributed by atoms with E-state index in [4.69, 9.17) is 0 Å². The number of phosphoric acid groups is 2. The first kappa shape index (κ1) is 25.7. The van der Waals surface area contributed by atoms with Gasteiger partial charge in [0.15, 0.2) is 0 Å². The summed E-state index contributed by atoms with van der Waals surface area (Å²) in [5, 5.41) is 0. The summed E-state index contributed by atoms with van der Waals surface area (Å²) in [5.74, 6) is 0. The predicted octanol–water partition coefficient (Wildman–Crippen LogP) is 3.87. The van der Waals surface area contributed by atoms with Crippen molar-refractivity contribution in [3.8, 4) is 0 Å². The van der Waals surface area contributed by atoms with Crippen molar-refractivity contribution in [2.75, 3.05) is 6.61 Å². The van der Waals surface area contributed by atoms with E-state index in [-0.39, 0.29) is 0 Å². The van der Waals surface area contributed by atoms with Crippen molar-refractivity contribution in [2.24, 2.45) is 0 Å². The lowest BCUT2D eigenvalue weighted by molar-refractivity contribution is -0.339. The highest BCUT2D eigenvalue weighted by atomic mass is 31.3.